The van der Waals surface area contributed by atoms with Gasteiger partial charge in [-0.05, 0) is 31.9 Å². The van der Waals surface area contributed by atoms with Gasteiger partial charge >= 0.3 is 0 Å². The Bertz CT molecular complexity index is 585. The molecule has 1 aromatic heterocycles. The Labute approximate surface area is 118 Å². The number of anilines is 1. The van der Waals surface area contributed by atoms with E-state index in [9.17, 15) is 0 Å². The van der Waals surface area contributed by atoms with Gasteiger partial charge in [-0.2, -0.15) is 0 Å². The fourth-order valence-electron chi connectivity index (χ4n) is 2.65. The van der Waals surface area contributed by atoms with E-state index in [1.165, 1.54) is 12.8 Å². The number of aryl methyl sites for hydroxylation is 1. The van der Waals surface area contributed by atoms with E-state index in [1.807, 2.05) is 31.2 Å². The fourth-order valence-corrected chi connectivity index (χ4v) is 2.99. The SMILES string of the molecule is Cc1nc2ccccc2nc1NC1CCCCC1Cl. The molecule has 3 nitrogen and oxygen atoms in total. The maximum Gasteiger partial charge on any atom is 0.148 e. The zero-order chi connectivity index (χ0) is 13.2. The van der Waals surface area contributed by atoms with Crippen LogP contribution < -0.4 is 5.32 Å². The zero-order valence-electron chi connectivity index (χ0n) is 11.1. The minimum absolute atomic E-state index is 0.196. The summed E-state index contributed by atoms with van der Waals surface area (Å²) >= 11 is 6.39. The number of benzene rings is 1. The maximum atomic E-state index is 6.39. The fraction of sp³-hybridized carbons (Fsp3) is 0.467. The topological polar surface area (TPSA) is 37.8 Å². The number of hydrogen-bond acceptors (Lipinski definition) is 3. The molecular weight excluding hydrogens is 258 g/mol. The van der Waals surface area contributed by atoms with Gasteiger partial charge in [-0.3, -0.25) is 0 Å². The summed E-state index contributed by atoms with van der Waals surface area (Å²) in [6.45, 7) is 1.99. The standard InChI is InChI=1S/C15H18ClN3/c1-10-15(18-12-7-3-2-6-11(12)16)19-14-9-5-4-8-13(14)17-10/h4-5,8-9,11-12H,2-3,6-7H2,1H3,(H,18,19). The van der Waals surface area contributed by atoms with Crippen LogP contribution in [-0.2, 0) is 0 Å². The first-order valence-corrected chi connectivity index (χ1v) is 7.31. The average molecular weight is 276 g/mol. The van der Waals surface area contributed by atoms with Gasteiger partial charge in [0.2, 0.25) is 0 Å². The Hall–Kier alpha value is -1.35. The van der Waals surface area contributed by atoms with Crippen molar-refractivity contribution in [1.29, 1.82) is 0 Å². The molecule has 0 bridgehead atoms. The molecule has 1 saturated carbocycles. The summed E-state index contributed by atoms with van der Waals surface area (Å²) in [5.41, 5.74) is 2.81. The number of hydrogen-bond donors (Lipinski definition) is 1. The number of aromatic nitrogens is 2. The van der Waals surface area contributed by atoms with Gasteiger partial charge in [0, 0.05) is 6.04 Å². The Kier molecular flexibility index (Phi) is 3.56. The van der Waals surface area contributed by atoms with E-state index in [0.717, 1.165) is 35.4 Å². The molecule has 19 heavy (non-hydrogen) atoms. The van der Waals surface area contributed by atoms with Gasteiger partial charge in [-0.1, -0.05) is 25.0 Å². The van der Waals surface area contributed by atoms with E-state index in [4.69, 9.17) is 11.6 Å². The summed E-state index contributed by atoms with van der Waals surface area (Å²) in [6.07, 6.45) is 4.66. The predicted molar refractivity (Wildman–Crippen MR) is 79.8 cm³/mol. The minimum Gasteiger partial charge on any atom is -0.364 e. The third kappa shape index (κ3) is 2.66. The highest BCUT2D eigenvalue weighted by molar-refractivity contribution is 6.21. The smallest absolute Gasteiger partial charge is 0.148 e. The van der Waals surface area contributed by atoms with Gasteiger partial charge in [0.15, 0.2) is 0 Å². The Morgan fingerprint density at radius 1 is 1.11 bits per heavy atom. The molecule has 0 saturated heterocycles. The molecule has 2 atom stereocenters. The van der Waals surface area contributed by atoms with Crippen LogP contribution in [0.5, 0.6) is 0 Å². The third-order valence-corrected chi connectivity index (χ3v) is 4.27. The predicted octanol–water partition coefficient (Wildman–Crippen LogP) is 3.90. The van der Waals surface area contributed by atoms with Crippen LogP contribution in [0.4, 0.5) is 5.82 Å². The summed E-state index contributed by atoms with van der Waals surface area (Å²) in [5.74, 6) is 0.872. The second-order valence-electron chi connectivity index (χ2n) is 5.20. The first kappa shape index (κ1) is 12.7. The molecular formula is C15H18ClN3. The van der Waals surface area contributed by atoms with Crippen LogP contribution in [0.3, 0.4) is 0 Å². The molecule has 1 fully saturated rings. The van der Waals surface area contributed by atoms with Gasteiger partial charge in [-0.25, -0.2) is 9.97 Å². The number of fused-ring (bicyclic) bond motifs is 1. The quantitative estimate of drug-likeness (QED) is 0.845. The normalized spacial score (nSPS) is 23.5. The molecule has 0 aliphatic heterocycles. The molecule has 2 aromatic rings. The monoisotopic (exact) mass is 275 g/mol. The van der Waals surface area contributed by atoms with Crippen molar-refractivity contribution in [3.8, 4) is 0 Å². The first-order chi connectivity index (χ1) is 9.24. The second kappa shape index (κ2) is 5.33. The molecule has 4 heteroatoms. The lowest BCUT2D eigenvalue weighted by atomic mass is 9.95. The van der Waals surface area contributed by atoms with E-state index < -0.39 is 0 Å². The summed E-state index contributed by atoms with van der Waals surface area (Å²) < 4.78 is 0. The number of halogens is 1. The average Bonchev–Trinajstić information content (AvgIpc) is 2.42. The van der Waals surface area contributed by atoms with Crippen molar-refractivity contribution >= 4 is 28.5 Å². The molecule has 3 rings (SSSR count). The van der Waals surface area contributed by atoms with Crippen LogP contribution in [-0.4, -0.2) is 21.4 Å². The van der Waals surface area contributed by atoms with E-state index in [1.54, 1.807) is 0 Å². The Morgan fingerprint density at radius 2 is 1.79 bits per heavy atom. The number of rotatable bonds is 2. The number of nitrogens with zero attached hydrogens (tertiary/aromatic N) is 2. The highest BCUT2D eigenvalue weighted by Gasteiger charge is 2.23. The molecule has 0 radical (unpaired) electrons. The number of para-hydroxylation sites is 2. The van der Waals surface area contributed by atoms with E-state index >= 15 is 0 Å². The van der Waals surface area contributed by atoms with Crippen LogP contribution >= 0.6 is 11.6 Å². The van der Waals surface area contributed by atoms with Crippen LogP contribution in [0.1, 0.15) is 31.4 Å². The van der Waals surface area contributed by atoms with Gasteiger partial charge in [0.25, 0.3) is 0 Å². The molecule has 2 unspecified atom stereocenters. The highest BCUT2D eigenvalue weighted by Crippen LogP contribution is 2.26. The van der Waals surface area contributed by atoms with Crippen LogP contribution in [0.15, 0.2) is 24.3 Å². The van der Waals surface area contributed by atoms with Crippen molar-refractivity contribution in [2.24, 2.45) is 0 Å². The Morgan fingerprint density at radius 3 is 2.53 bits per heavy atom. The van der Waals surface area contributed by atoms with Gasteiger partial charge in [0.1, 0.15) is 5.82 Å². The number of nitrogens with one attached hydrogen (secondary N) is 1. The summed E-state index contributed by atoms with van der Waals surface area (Å²) in [6, 6.07) is 8.26. The molecule has 1 N–H and O–H groups in total. The van der Waals surface area contributed by atoms with Crippen LogP contribution in [0.25, 0.3) is 11.0 Å². The molecule has 1 aromatic carbocycles. The summed E-state index contributed by atoms with van der Waals surface area (Å²) in [5, 5.41) is 3.68. The second-order valence-corrected chi connectivity index (χ2v) is 5.76. The largest absolute Gasteiger partial charge is 0.364 e. The van der Waals surface area contributed by atoms with Crippen LogP contribution in [0, 0.1) is 6.92 Å². The van der Waals surface area contributed by atoms with Crippen molar-refractivity contribution in [2.75, 3.05) is 5.32 Å². The molecule has 1 aliphatic carbocycles. The molecule has 100 valence electrons. The van der Waals surface area contributed by atoms with Crippen molar-refractivity contribution in [2.45, 2.75) is 44.0 Å². The summed E-state index contributed by atoms with van der Waals surface area (Å²) in [4.78, 5) is 9.27. The lowest BCUT2D eigenvalue weighted by Crippen LogP contribution is -2.33. The van der Waals surface area contributed by atoms with Crippen molar-refractivity contribution < 1.29 is 0 Å². The van der Waals surface area contributed by atoms with Crippen molar-refractivity contribution in [3.63, 3.8) is 0 Å². The Balaban J connectivity index is 1.89. The highest BCUT2D eigenvalue weighted by atomic mass is 35.5. The molecule has 1 aliphatic rings. The summed E-state index contributed by atoms with van der Waals surface area (Å²) in [7, 11) is 0. The van der Waals surface area contributed by atoms with Crippen molar-refractivity contribution in [3.05, 3.63) is 30.0 Å². The molecule has 0 amide bonds. The van der Waals surface area contributed by atoms with Crippen molar-refractivity contribution in [1.82, 2.24) is 9.97 Å². The van der Waals surface area contributed by atoms with E-state index in [2.05, 4.69) is 15.3 Å². The van der Waals surface area contributed by atoms with Gasteiger partial charge in [0.05, 0.1) is 22.1 Å². The third-order valence-electron chi connectivity index (χ3n) is 3.75. The zero-order valence-corrected chi connectivity index (χ0v) is 11.8. The minimum atomic E-state index is 0.196. The number of alkyl halides is 1. The van der Waals surface area contributed by atoms with Gasteiger partial charge in [-0.15, -0.1) is 11.6 Å². The first-order valence-electron chi connectivity index (χ1n) is 6.88. The lowest BCUT2D eigenvalue weighted by molar-refractivity contribution is 0.468. The van der Waals surface area contributed by atoms with E-state index in [-0.39, 0.29) is 5.38 Å². The molecule has 0 spiro atoms. The lowest BCUT2D eigenvalue weighted by Gasteiger charge is -2.28. The van der Waals surface area contributed by atoms with E-state index in [0.29, 0.717) is 6.04 Å². The van der Waals surface area contributed by atoms with Crippen LogP contribution in [0.2, 0.25) is 0 Å². The maximum absolute atomic E-state index is 6.39. The molecule has 1 heterocycles. The van der Waals surface area contributed by atoms with Gasteiger partial charge < -0.3 is 5.32 Å².